The number of β-lactam (4-membered cyclic amide) rings is 5. The Labute approximate surface area is 807 Å². The van der Waals surface area contributed by atoms with Gasteiger partial charge in [-0.2, -0.15) is 0 Å². The maximum Gasteiger partial charge on any atom is 1.00 e. The number of hydrogen-bond acceptors (Lipinski definition) is 24. The number of carbonyl (C=O) groups is 13. The summed E-state index contributed by atoms with van der Waals surface area (Å²) in [5, 5.41) is 47.9. The Kier molecular flexibility index (Phi) is 35.8. The smallest absolute Gasteiger partial charge is 0.543 e. The van der Waals surface area contributed by atoms with Crippen LogP contribution in [-0.4, -0.2) is 207 Å². The number of nitrogens with zero attached hydrogens (tertiary/aromatic N) is 5. The second-order valence-corrected chi connectivity index (χ2v) is 34.7. The van der Waals surface area contributed by atoms with Gasteiger partial charge in [-0.1, -0.05) is 196 Å². The summed E-state index contributed by atoms with van der Waals surface area (Å²) in [6.45, 7) is 32.1. The molecule has 0 aliphatic carbocycles. The molecule has 10 aliphatic rings. The molecular weight excluding hydrogens is 1740 g/mol. The van der Waals surface area contributed by atoms with Gasteiger partial charge in [0, 0.05) is 21.1 Å². The van der Waals surface area contributed by atoms with Crippen LogP contribution in [0.3, 0.4) is 0 Å². The standard InChI is InChI=1S/C22H26N2O5.C21H24N2O6.C21H25NO3.C20H23NO4.C18H20N2O6.Na/c1-5-9-28-21(26)19-16(11-17-18(13(2)3)20(25)24(17)19)15-8-6-7-14(10-15)12-29-22(27)23-4;1-4-8-28-20(26)18-15(10-16-17(12(2)24)19(25)23(16)18)14-7-5-6-13(9-14)11-29-21(27)22-3;1-5-10-25-21(24)19-16(15-9-7-8-14(6-2)11-15)12-17-18(13(3)4)20(23)22(17)19;1-4-8-25-20(24)18-15(14-7-5-6-13(9-14)11-22)10-16-17(12(2)3)19(23)21(16)18;1-9(21)14-13-7-12(15(17(23)24)20(13)16(14)22)11-5-3-4-10(6-11)8-26-18(25)19-2;/h5-8,10,13,17-18H,1,9,11-12H2,2-4H3,(H,23,27);4-7,9,12,16-17,24H,1,8,10-11H2,2-3H3,(H,22,27);5,7-9,11,13,17-18H,1,6,10,12H2,2-4H3;4-7,9,12,16-17,22H,1,8,10-11H2,2-3H3;3-6,9,13-14,21H,7-8H2,1-2H3,(H,19,25)(H,23,24);/q;;;;;+1/p-1/t17-,18-;12-,16-,17-;17-,18-;16-,17-;9-,13-,14-;/m11111./s1. The number of aryl methyl sites for hydroxylation is 1. The first kappa shape index (κ1) is 104. The Balaban J connectivity index is 0.000000174. The van der Waals surface area contributed by atoms with Crippen molar-refractivity contribution < 1.29 is 145 Å². The Morgan fingerprint density at radius 1 is 0.370 bits per heavy atom. The number of carboxylic acids is 1. The zero-order chi connectivity index (χ0) is 97.5. The molecule has 0 aromatic heterocycles. The van der Waals surface area contributed by atoms with Crippen LogP contribution in [0.1, 0.15) is 150 Å². The molecule has 33 heteroatoms. The van der Waals surface area contributed by atoms with Crippen molar-refractivity contribution in [2.45, 2.75) is 170 Å². The topological polar surface area (TPSA) is 423 Å². The summed E-state index contributed by atoms with van der Waals surface area (Å²) in [6.07, 6.45) is 6.32. The van der Waals surface area contributed by atoms with Crippen LogP contribution in [0.25, 0.3) is 27.9 Å². The number of ether oxygens (including phenoxy) is 7. The molecule has 710 valence electrons. The van der Waals surface area contributed by atoms with Crippen LogP contribution in [0.2, 0.25) is 0 Å². The minimum absolute atomic E-state index is 0. The number of fused-ring (bicyclic) bond motifs is 5. The summed E-state index contributed by atoms with van der Waals surface area (Å²) in [4.78, 5) is 166. The van der Waals surface area contributed by atoms with Gasteiger partial charge in [0.1, 0.15) is 69.0 Å². The van der Waals surface area contributed by atoms with Crippen LogP contribution in [0.4, 0.5) is 14.4 Å². The van der Waals surface area contributed by atoms with Crippen molar-refractivity contribution in [3.63, 3.8) is 0 Å². The van der Waals surface area contributed by atoms with Gasteiger partial charge in [0.15, 0.2) is 0 Å². The van der Waals surface area contributed by atoms with Crippen LogP contribution in [0.15, 0.2) is 200 Å². The van der Waals surface area contributed by atoms with E-state index in [1.54, 1.807) is 58.0 Å². The Morgan fingerprint density at radius 3 is 0.822 bits per heavy atom. The Hall–Kier alpha value is -12.9. The van der Waals surface area contributed by atoms with Gasteiger partial charge in [0.05, 0.1) is 90.3 Å². The fourth-order valence-corrected chi connectivity index (χ4v) is 19.0. The fraction of sp³-hybridized carbons (Fsp3) is 0.402. The van der Waals surface area contributed by atoms with E-state index in [0.717, 1.165) is 62.1 Å². The van der Waals surface area contributed by atoms with E-state index in [0.29, 0.717) is 71.5 Å². The van der Waals surface area contributed by atoms with Gasteiger partial charge in [0.25, 0.3) is 0 Å². The molecule has 5 aromatic rings. The fourth-order valence-electron chi connectivity index (χ4n) is 19.0. The number of aliphatic carboxylic acids is 1. The van der Waals surface area contributed by atoms with Crippen molar-refractivity contribution in [1.82, 2.24) is 40.4 Å². The molecule has 12 atom stereocenters. The minimum atomic E-state index is -1.42. The Morgan fingerprint density at radius 2 is 0.593 bits per heavy atom. The summed E-state index contributed by atoms with van der Waals surface area (Å²) in [5.41, 5.74) is 13.0. The molecule has 10 heterocycles. The molecule has 0 radical (unpaired) electrons. The summed E-state index contributed by atoms with van der Waals surface area (Å²) < 4.78 is 36.1. The maximum atomic E-state index is 12.7. The average Bonchev–Trinajstić information content (AvgIpc) is 1.45. The molecule has 0 saturated carbocycles. The summed E-state index contributed by atoms with van der Waals surface area (Å²) in [5.74, 6) is -4.86. The van der Waals surface area contributed by atoms with Gasteiger partial charge < -0.3 is 98.8 Å². The number of carboxylic acid groups (broad SMARTS) is 1. The molecule has 135 heavy (non-hydrogen) atoms. The van der Waals surface area contributed by atoms with E-state index in [2.05, 4.69) is 75.2 Å². The van der Waals surface area contributed by atoms with Crippen molar-refractivity contribution in [2.24, 2.45) is 47.3 Å². The van der Waals surface area contributed by atoms with Gasteiger partial charge in [-0.25, -0.2) is 33.6 Å². The number of nitrogens with one attached hydrogen (secondary N) is 3. The van der Waals surface area contributed by atoms with E-state index in [9.17, 15) is 82.8 Å². The van der Waals surface area contributed by atoms with E-state index in [4.69, 9.17) is 33.2 Å². The zero-order valence-electron chi connectivity index (χ0n) is 78.4. The summed E-state index contributed by atoms with van der Waals surface area (Å²) in [6, 6.07) is 36.6. The molecule has 6 N–H and O–H groups in total. The zero-order valence-corrected chi connectivity index (χ0v) is 80.4. The number of amides is 8. The quantitative estimate of drug-likeness (QED) is 0.00842. The first-order valence-corrected chi connectivity index (χ1v) is 44.7. The van der Waals surface area contributed by atoms with Crippen LogP contribution in [-0.2, 0) is 114 Å². The first-order valence-electron chi connectivity index (χ1n) is 44.7. The molecule has 0 spiro atoms. The Bertz CT molecular complexity index is 5350. The van der Waals surface area contributed by atoms with Crippen molar-refractivity contribution in [3.8, 4) is 0 Å². The number of aliphatic hydroxyl groups is 3. The van der Waals surface area contributed by atoms with Crippen LogP contribution in [0, 0.1) is 47.3 Å². The number of alkyl carbamates (subject to hydrolysis) is 3. The number of carbonyl (C=O) groups excluding carboxylic acids is 13. The van der Waals surface area contributed by atoms with Crippen molar-refractivity contribution >= 4 is 106 Å². The molecule has 0 bridgehead atoms. The average molecular weight is 1860 g/mol. The first-order chi connectivity index (χ1) is 64.1. The largest absolute Gasteiger partial charge is 1.00 e. The van der Waals surface area contributed by atoms with Gasteiger partial charge in [-0.15, -0.1) is 0 Å². The van der Waals surface area contributed by atoms with Gasteiger partial charge in [-0.05, 0) is 178 Å². The minimum Gasteiger partial charge on any atom is -0.543 e. The predicted octanol–water partition coefficient (Wildman–Crippen LogP) is 7.17. The third kappa shape index (κ3) is 22.2. The molecule has 0 unspecified atom stereocenters. The van der Waals surface area contributed by atoms with Crippen molar-refractivity contribution in [3.05, 3.63) is 256 Å². The molecule has 8 amide bonds. The normalized spacial score (nSPS) is 21.4. The number of esters is 4. The van der Waals surface area contributed by atoms with Gasteiger partial charge in [-0.3, -0.25) is 24.0 Å². The SMILES string of the molecule is C=CCOC(=O)C1=C(c2cccc(CC)c2)C[C@@H]2[C@@H](C(C)C)C(=O)N12.C=CCOC(=O)C1=C(c2cccc(CO)c2)C[C@@H]2[C@@H](C(C)C)C(=O)N12.C=CCOC(=O)C1=C(c2cccc(COC(=O)NC)c2)C[C@@H]2[C@@H](C(C)C)C(=O)N12.C=CCOC(=O)C1=C(c2cccc(COC(=O)NC)c2)C[C@@H]2[C@@H]([C@@H](C)O)C(=O)N12.CNC(=O)OCc1cccc(C2=C(C(=O)[O-])N3C(=O)[C@H]([C@@H](C)O)[C@H]3C2)c1.[Na+]. The molecule has 5 fully saturated rings. The summed E-state index contributed by atoms with van der Waals surface area (Å²) >= 11 is 0. The van der Waals surface area contributed by atoms with Crippen LogP contribution < -0.4 is 50.6 Å². The van der Waals surface area contributed by atoms with E-state index in [1.807, 2.05) is 100 Å². The van der Waals surface area contributed by atoms with Crippen molar-refractivity contribution in [1.29, 1.82) is 0 Å². The number of aliphatic hydroxyl groups excluding tert-OH is 3. The third-order valence-electron chi connectivity index (χ3n) is 25.2. The second kappa shape index (κ2) is 46.4. The van der Waals surface area contributed by atoms with E-state index in [-0.39, 0.29) is 183 Å². The number of benzene rings is 5. The van der Waals surface area contributed by atoms with E-state index < -0.39 is 78.1 Å². The van der Waals surface area contributed by atoms with Crippen molar-refractivity contribution in [2.75, 3.05) is 47.6 Å². The van der Waals surface area contributed by atoms with Crippen LogP contribution in [0.5, 0.6) is 0 Å². The van der Waals surface area contributed by atoms with Gasteiger partial charge in [0.2, 0.25) is 29.5 Å². The molecule has 5 aromatic carbocycles. The maximum absolute atomic E-state index is 12.7. The van der Waals surface area contributed by atoms with Crippen LogP contribution >= 0.6 is 0 Å². The van der Waals surface area contributed by atoms with E-state index in [1.165, 1.54) is 67.7 Å². The number of rotatable bonds is 31. The predicted molar refractivity (Wildman–Crippen MR) is 491 cm³/mol. The van der Waals surface area contributed by atoms with E-state index >= 15 is 0 Å². The monoisotopic (exact) mass is 1860 g/mol. The van der Waals surface area contributed by atoms with Gasteiger partial charge >= 0.3 is 71.7 Å². The molecular formula is C102H117N8NaO24. The summed E-state index contributed by atoms with van der Waals surface area (Å²) in [7, 11) is 4.42. The second-order valence-electron chi connectivity index (χ2n) is 34.7. The molecule has 10 aliphatic heterocycles. The number of hydrogen-bond donors (Lipinski definition) is 6. The molecule has 15 rings (SSSR count). The molecule has 32 nitrogen and oxygen atoms in total. The third-order valence-corrected chi connectivity index (χ3v) is 25.2. The molecule has 5 saturated heterocycles.